The molecule has 3 amide bonds. The highest BCUT2D eigenvalue weighted by atomic mass is 16.5. The average molecular weight is 466 g/mol. The zero-order valence-electron chi connectivity index (χ0n) is 18.3. The van der Waals surface area contributed by atoms with Crippen molar-refractivity contribution in [2.45, 2.75) is 19.3 Å². The second-order valence-electron chi connectivity index (χ2n) is 7.19. The first-order valence-electron chi connectivity index (χ1n) is 10.5. The molecule has 3 rings (SSSR count). The molecule has 178 valence electrons. The number of carbonyl (C=O) groups is 2. The van der Waals surface area contributed by atoms with Crippen molar-refractivity contribution in [3.8, 4) is 11.5 Å². The van der Waals surface area contributed by atoms with Gasteiger partial charge in [0.1, 0.15) is 18.9 Å². The minimum absolute atomic E-state index is 0.00850. The van der Waals surface area contributed by atoms with E-state index in [1.165, 1.54) is 12.3 Å². The standard InChI is InChI=1S/C24H26N4O6/c29-14-19(30)12-26-24(32)28-27-23(31)20-11-21(33-15-17-7-3-1-4-8-17)22(13-25-20)34-16-18-9-5-2-6-10-18/h1-11,13,19,29-30H,12,14-16H2,(H,27,31)(H2,26,28,32)/t19-/m1/s1. The molecule has 0 aliphatic heterocycles. The van der Waals surface area contributed by atoms with E-state index in [2.05, 4.69) is 21.2 Å². The van der Waals surface area contributed by atoms with Gasteiger partial charge in [0.15, 0.2) is 11.5 Å². The topological polar surface area (TPSA) is 142 Å². The van der Waals surface area contributed by atoms with Crippen LogP contribution < -0.4 is 25.6 Å². The van der Waals surface area contributed by atoms with Crippen LogP contribution in [0.5, 0.6) is 11.5 Å². The number of hydrogen-bond acceptors (Lipinski definition) is 7. The van der Waals surface area contributed by atoms with E-state index in [0.29, 0.717) is 11.5 Å². The molecule has 0 spiro atoms. The average Bonchev–Trinajstić information content (AvgIpc) is 2.89. The van der Waals surface area contributed by atoms with Crippen LogP contribution in [0.2, 0.25) is 0 Å². The van der Waals surface area contributed by atoms with Gasteiger partial charge in [-0.2, -0.15) is 0 Å². The predicted octanol–water partition coefficient (Wildman–Crippen LogP) is 1.54. The molecule has 2 aromatic carbocycles. The van der Waals surface area contributed by atoms with Gasteiger partial charge in [0.2, 0.25) is 0 Å². The van der Waals surface area contributed by atoms with Crippen molar-refractivity contribution < 1.29 is 29.3 Å². The molecule has 0 unspecified atom stereocenters. The lowest BCUT2D eigenvalue weighted by molar-refractivity contribution is 0.0916. The minimum atomic E-state index is -1.10. The van der Waals surface area contributed by atoms with Crippen molar-refractivity contribution in [3.05, 3.63) is 89.7 Å². The van der Waals surface area contributed by atoms with Crippen molar-refractivity contribution in [3.63, 3.8) is 0 Å². The smallest absolute Gasteiger partial charge is 0.333 e. The van der Waals surface area contributed by atoms with Gasteiger partial charge >= 0.3 is 6.03 Å². The van der Waals surface area contributed by atoms with Crippen molar-refractivity contribution >= 4 is 11.9 Å². The van der Waals surface area contributed by atoms with E-state index >= 15 is 0 Å². The number of rotatable bonds is 10. The third kappa shape index (κ3) is 7.76. The Bertz CT molecular complexity index is 1070. The lowest BCUT2D eigenvalue weighted by Gasteiger charge is -2.14. The maximum atomic E-state index is 12.5. The van der Waals surface area contributed by atoms with Crippen LogP contribution in [-0.4, -0.2) is 46.4 Å². The first-order chi connectivity index (χ1) is 16.5. The molecule has 3 aromatic rings. The van der Waals surface area contributed by atoms with E-state index in [1.54, 1.807) is 0 Å². The number of aromatic nitrogens is 1. The van der Waals surface area contributed by atoms with Crippen molar-refractivity contribution in [2.75, 3.05) is 13.2 Å². The number of nitrogens with zero attached hydrogens (tertiary/aromatic N) is 1. The Balaban J connectivity index is 1.66. The fourth-order valence-electron chi connectivity index (χ4n) is 2.74. The van der Waals surface area contributed by atoms with E-state index in [9.17, 15) is 14.7 Å². The van der Waals surface area contributed by atoms with Crippen molar-refractivity contribution in [1.29, 1.82) is 0 Å². The summed E-state index contributed by atoms with van der Waals surface area (Å²) in [5, 5.41) is 20.3. The highest BCUT2D eigenvalue weighted by Gasteiger charge is 2.15. The summed E-state index contributed by atoms with van der Waals surface area (Å²) in [5.74, 6) is -0.00694. The number of benzene rings is 2. The summed E-state index contributed by atoms with van der Waals surface area (Å²) in [6.07, 6.45) is 0.284. The Morgan fingerprint density at radius 3 is 2.06 bits per heavy atom. The second kappa shape index (κ2) is 12.8. The SMILES string of the molecule is O=C(NC[C@@H](O)CO)NNC(=O)c1cc(OCc2ccccc2)c(OCc2ccccc2)cn1. The Hall–Kier alpha value is -4.15. The molecule has 10 heteroatoms. The summed E-state index contributed by atoms with van der Waals surface area (Å²) in [7, 11) is 0. The summed E-state index contributed by atoms with van der Waals surface area (Å²) in [6, 6.07) is 19.8. The zero-order chi connectivity index (χ0) is 24.2. The van der Waals surface area contributed by atoms with Crippen LogP contribution in [0, 0.1) is 0 Å². The largest absolute Gasteiger partial charge is 0.485 e. The molecule has 34 heavy (non-hydrogen) atoms. The van der Waals surface area contributed by atoms with Gasteiger partial charge in [-0.3, -0.25) is 10.2 Å². The minimum Gasteiger partial charge on any atom is -0.485 e. The van der Waals surface area contributed by atoms with Gasteiger partial charge in [-0.05, 0) is 11.1 Å². The summed E-state index contributed by atoms with van der Waals surface area (Å²) < 4.78 is 11.8. The van der Waals surface area contributed by atoms with E-state index in [4.69, 9.17) is 14.6 Å². The molecule has 0 aliphatic carbocycles. The molecule has 0 fully saturated rings. The Labute approximate surface area is 196 Å². The van der Waals surface area contributed by atoms with Gasteiger partial charge in [-0.25, -0.2) is 15.2 Å². The van der Waals surface area contributed by atoms with Gasteiger partial charge in [-0.1, -0.05) is 60.7 Å². The highest BCUT2D eigenvalue weighted by Crippen LogP contribution is 2.28. The van der Waals surface area contributed by atoms with Crippen LogP contribution in [0.15, 0.2) is 72.9 Å². The molecule has 0 bridgehead atoms. The molecule has 1 heterocycles. The fourth-order valence-corrected chi connectivity index (χ4v) is 2.74. The summed E-state index contributed by atoms with van der Waals surface area (Å²) in [5.41, 5.74) is 6.24. The molecule has 0 aliphatic rings. The van der Waals surface area contributed by atoms with Gasteiger partial charge in [0.25, 0.3) is 5.91 Å². The number of ether oxygens (including phenoxy) is 2. The van der Waals surface area contributed by atoms with Crippen LogP contribution in [0.1, 0.15) is 21.6 Å². The Morgan fingerprint density at radius 2 is 1.47 bits per heavy atom. The molecule has 1 aromatic heterocycles. The third-order valence-corrected chi connectivity index (χ3v) is 4.54. The first kappa shape index (κ1) is 24.5. The molecule has 0 saturated heterocycles. The summed E-state index contributed by atoms with van der Waals surface area (Å²) >= 11 is 0. The van der Waals surface area contributed by atoms with Crippen LogP contribution in [0.4, 0.5) is 4.79 Å². The quantitative estimate of drug-likeness (QED) is 0.285. The number of aliphatic hydroxyl groups excluding tert-OH is 2. The van der Waals surface area contributed by atoms with Crippen molar-refractivity contribution in [2.24, 2.45) is 0 Å². The van der Waals surface area contributed by atoms with Gasteiger partial charge < -0.3 is 25.0 Å². The van der Waals surface area contributed by atoms with E-state index < -0.39 is 24.6 Å². The third-order valence-electron chi connectivity index (χ3n) is 4.54. The Morgan fingerprint density at radius 1 is 0.882 bits per heavy atom. The molecule has 1 atom stereocenters. The van der Waals surface area contributed by atoms with Crippen LogP contribution in [-0.2, 0) is 13.2 Å². The number of aliphatic hydroxyl groups is 2. The molecule has 10 nitrogen and oxygen atoms in total. The Kier molecular flexibility index (Phi) is 9.20. The van der Waals surface area contributed by atoms with Crippen LogP contribution in [0.25, 0.3) is 0 Å². The normalized spacial score (nSPS) is 11.2. The second-order valence-corrected chi connectivity index (χ2v) is 7.19. The molecule has 0 radical (unpaired) electrons. The summed E-state index contributed by atoms with van der Waals surface area (Å²) in [4.78, 5) is 28.3. The maximum Gasteiger partial charge on any atom is 0.333 e. The first-order valence-corrected chi connectivity index (χ1v) is 10.5. The molecular formula is C24H26N4O6. The highest BCUT2D eigenvalue weighted by molar-refractivity contribution is 5.94. The number of amides is 3. The van der Waals surface area contributed by atoms with Gasteiger partial charge in [-0.15, -0.1) is 0 Å². The predicted molar refractivity (Wildman–Crippen MR) is 123 cm³/mol. The van der Waals surface area contributed by atoms with Crippen molar-refractivity contribution in [1.82, 2.24) is 21.2 Å². The van der Waals surface area contributed by atoms with E-state index in [-0.39, 0.29) is 25.5 Å². The number of pyridine rings is 1. The van der Waals surface area contributed by atoms with Crippen LogP contribution >= 0.6 is 0 Å². The number of carbonyl (C=O) groups excluding carboxylic acids is 2. The summed E-state index contributed by atoms with van der Waals surface area (Å²) in [6.45, 7) is -0.138. The van der Waals surface area contributed by atoms with E-state index in [1.807, 2.05) is 60.7 Å². The van der Waals surface area contributed by atoms with Crippen LogP contribution in [0.3, 0.4) is 0 Å². The number of hydrazine groups is 1. The van der Waals surface area contributed by atoms with Gasteiger partial charge in [0, 0.05) is 12.6 Å². The van der Waals surface area contributed by atoms with E-state index in [0.717, 1.165) is 11.1 Å². The lowest BCUT2D eigenvalue weighted by atomic mass is 10.2. The van der Waals surface area contributed by atoms with Gasteiger partial charge in [0.05, 0.1) is 18.9 Å². The number of hydrogen-bond donors (Lipinski definition) is 5. The molecule has 0 saturated carbocycles. The monoisotopic (exact) mass is 466 g/mol. The molecular weight excluding hydrogens is 440 g/mol. The zero-order valence-corrected chi connectivity index (χ0v) is 18.3. The lowest BCUT2D eigenvalue weighted by Crippen LogP contribution is -2.49. The number of urea groups is 1. The maximum absolute atomic E-state index is 12.5. The number of nitrogens with one attached hydrogen (secondary N) is 3. The molecule has 5 N–H and O–H groups in total. The fraction of sp³-hybridized carbons (Fsp3) is 0.208.